The Bertz CT molecular complexity index is 318. The lowest BCUT2D eigenvalue weighted by Gasteiger charge is -2.08. The van der Waals surface area contributed by atoms with Crippen LogP contribution in [0.25, 0.3) is 0 Å². The summed E-state index contributed by atoms with van der Waals surface area (Å²) in [5.41, 5.74) is 5.62. The number of nitrogen functional groups attached to an aromatic ring is 1. The van der Waals surface area contributed by atoms with E-state index in [1.165, 1.54) is 11.8 Å². The highest BCUT2D eigenvalue weighted by molar-refractivity contribution is 7.98. The smallest absolute Gasteiger partial charge is 0.219 e. The highest BCUT2D eigenvalue weighted by Gasteiger charge is 2.03. The van der Waals surface area contributed by atoms with Gasteiger partial charge in [0.25, 0.3) is 0 Å². The van der Waals surface area contributed by atoms with E-state index < -0.39 is 0 Å². The number of aromatic nitrogens is 2. The van der Waals surface area contributed by atoms with Gasteiger partial charge in [-0.1, -0.05) is 25.6 Å². The number of ether oxygens (including phenoxy) is 1. The molecule has 0 fully saturated rings. The molecule has 2 N–H and O–H groups in total. The molecule has 0 unspecified atom stereocenters. The van der Waals surface area contributed by atoms with Crippen molar-refractivity contribution in [1.82, 2.24) is 9.97 Å². The summed E-state index contributed by atoms with van der Waals surface area (Å²) >= 11 is 1.45. The minimum absolute atomic E-state index is 0.453. The quantitative estimate of drug-likeness (QED) is 0.617. The maximum atomic E-state index is 5.62. The van der Waals surface area contributed by atoms with E-state index in [1.807, 2.05) is 6.26 Å². The third-order valence-electron chi connectivity index (χ3n) is 1.83. The molecule has 0 aliphatic rings. The van der Waals surface area contributed by atoms with Crippen LogP contribution in [0.5, 0.6) is 5.88 Å². The molecule has 1 heterocycles. The Morgan fingerprint density at radius 3 is 2.80 bits per heavy atom. The Morgan fingerprint density at radius 1 is 1.47 bits per heavy atom. The zero-order valence-electron chi connectivity index (χ0n) is 9.36. The van der Waals surface area contributed by atoms with Crippen molar-refractivity contribution < 1.29 is 4.74 Å². The first-order valence-corrected chi connectivity index (χ1v) is 6.15. The second kappa shape index (κ2) is 5.80. The predicted molar refractivity (Wildman–Crippen MR) is 63.2 cm³/mol. The van der Waals surface area contributed by atoms with E-state index >= 15 is 0 Å². The van der Waals surface area contributed by atoms with Crippen molar-refractivity contribution >= 4 is 17.6 Å². The lowest BCUT2D eigenvalue weighted by Crippen LogP contribution is -2.04. The molecule has 84 valence electrons. The van der Waals surface area contributed by atoms with Gasteiger partial charge in [0.1, 0.15) is 5.82 Å². The molecule has 1 aromatic heterocycles. The van der Waals surface area contributed by atoms with E-state index in [4.69, 9.17) is 10.5 Å². The molecular weight excluding hydrogens is 210 g/mol. The highest BCUT2D eigenvalue weighted by Crippen LogP contribution is 2.17. The van der Waals surface area contributed by atoms with Crippen molar-refractivity contribution in [2.75, 3.05) is 18.6 Å². The predicted octanol–water partition coefficient (Wildman–Crippen LogP) is 2.21. The lowest BCUT2D eigenvalue weighted by atomic mass is 10.1. The van der Waals surface area contributed by atoms with E-state index in [1.54, 1.807) is 6.07 Å². The molecule has 4 nitrogen and oxygen atoms in total. The van der Waals surface area contributed by atoms with Gasteiger partial charge in [-0.05, 0) is 18.6 Å². The number of hydrogen-bond donors (Lipinski definition) is 1. The molecule has 0 aliphatic heterocycles. The van der Waals surface area contributed by atoms with Gasteiger partial charge in [0, 0.05) is 6.07 Å². The third kappa shape index (κ3) is 4.38. The van der Waals surface area contributed by atoms with Crippen molar-refractivity contribution in [1.29, 1.82) is 0 Å². The van der Waals surface area contributed by atoms with Crippen LogP contribution in [0.2, 0.25) is 0 Å². The van der Waals surface area contributed by atoms with Crippen molar-refractivity contribution in [2.24, 2.45) is 5.92 Å². The monoisotopic (exact) mass is 227 g/mol. The van der Waals surface area contributed by atoms with Crippen LogP contribution < -0.4 is 10.5 Å². The van der Waals surface area contributed by atoms with Gasteiger partial charge in [-0.2, -0.15) is 4.98 Å². The molecule has 1 aromatic rings. The SMILES string of the molecule is CSc1nc(N)cc(OCCC(C)C)n1. The molecule has 1 rings (SSSR count). The summed E-state index contributed by atoms with van der Waals surface area (Å²) in [6.07, 6.45) is 2.92. The summed E-state index contributed by atoms with van der Waals surface area (Å²) in [6.45, 7) is 4.98. The topological polar surface area (TPSA) is 61.0 Å². The molecular formula is C10H17N3OS. The standard InChI is InChI=1S/C10H17N3OS/c1-7(2)4-5-14-9-6-8(11)12-10(13-9)15-3/h6-7H,4-5H2,1-3H3,(H2,11,12,13). The number of anilines is 1. The Morgan fingerprint density at radius 2 is 2.20 bits per heavy atom. The molecule has 0 spiro atoms. The van der Waals surface area contributed by atoms with E-state index in [2.05, 4.69) is 23.8 Å². The summed E-state index contributed by atoms with van der Waals surface area (Å²) in [4.78, 5) is 8.24. The van der Waals surface area contributed by atoms with Crippen LogP contribution in [0.4, 0.5) is 5.82 Å². The minimum atomic E-state index is 0.453. The van der Waals surface area contributed by atoms with Gasteiger partial charge in [-0.3, -0.25) is 0 Å². The Hall–Kier alpha value is -0.970. The van der Waals surface area contributed by atoms with Gasteiger partial charge >= 0.3 is 0 Å². The van der Waals surface area contributed by atoms with Crippen LogP contribution in [0.1, 0.15) is 20.3 Å². The second-order valence-corrected chi connectivity index (χ2v) is 4.42. The van der Waals surface area contributed by atoms with E-state index in [9.17, 15) is 0 Å². The molecule has 0 bridgehead atoms. The van der Waals surface area contributed by atoms with Crippen molar-refractivity contribution in [3.05, 3.63) is 6.07 Å². The maximum absolute atomic E-state index is 5.62. The van der Waals surface area contributed by atoms with E-state index in [0.717, 1.165) is 6.42 Å². The van der Waals surface area contributed by atoms with Gasteiger partial charge < -0.3 is 10.5 Å². The van der Waals surface area contributed by atoms with Crippen LogP contribution in [0.15, 0.2) is 11.2 Å². The molecule has 0 radical (unpaired) electrons. The fourth-order valence-corrected chi connectivity index (χ4v) is 1.36. The molecule has 0 atom stereocenters. The Kier molecular flexibility index (Phi) is 4.68. The first-order chi connectivity index (χ1) is 7.11. The zero-order valence-corrected chi connectivity index (χ0v) is 10.2. The molecule has 0 saturated carbocycles. The fourth-order valence-electron chi connectivity index (χ4n) is 0.985. The zero-order chi connectivity index (χ0) is 11.3. The largest absolute Gasteiger partial charge is 0.477 e. The molecule has 5 heteroatoms. The lowest BCUT2D eigenvalue weighted by molar-refractivity contribution is 0.277. The van der Waals surface area contributed by atoms with Crippen LogP contribution >= 0.6 is 11.8 Å². The normalized spacial score (nSPS) is 10.7. The second-order valence-electron chi connectivity index (χ2n) is 3.65. The average molecular weight is 227 g/mol. The van der Waals surface area contributed by atoms with Gasteiger partial charge in [0.05, 0.1) is 6.61 Å². The first kappa shape index (κ1) is 12.1. The summed E-state index contributed by atoms with van der Waals surface area (Å²) < 4.78 is 5.50. The minimum Gasteiger partial charge on any atom is -0.477 e. The molecule has 0 aromatic carbocycles. The van der Waals surface area contributed by atoms with Crippen LogP contribution in [-0.2, 0) is 0 Å². The van der Waals surface area contributed by atoms with Crippen molar-refractivity contribution in [3.63, 3.8) is 0 Å². The van der Waals surface area contributed by atoms with Crippen LogP contribution in [0, 0.1) is 5.92 Å². The average Bonchev–Trinajstić information content (AvgIpc) is 2.16. The fraction of sp³-hybridized carbons (Fsp3) is 0.600. The van der Waals surface area contributed by atoms with Gasteiger partial charge in [0.2, 0.25) is 5.88 Å². The molecule has 0 amide bonds. The van der Waals surface area contributed by atoms with Crippen molar-refractivity contribution in [2.45, 2.75) is 25.4 Å². The van der Waals surface area contributed by atoms with Crippen LogP contribution in [-0.4, -0.2) is 22.8 Å². The summed E-state index contributed by atoms with van der Waals surface area (Å²) in [7, 11) is 0. The first-order valence-electron chi connectivity index (χ1n) is 4.93. The summed E-state index contributed by atoms with van der Waals surface area (Å²) in [5, 5.41) is 0.648. The van der Waals surface area contributed by atoms with Crippen molar-refractivity contribution in [3.8, 4) is 5.88 Å². The van der Waals surface area contributed by atoms with Gasteiger partial charge in [0.15, 0.2) is 5.16 Å². The molecule has 0 saturated heterocycles. The summed E-state index contributed by atoms with van der Waals surface area (Å²) in [6, 6.07) is 1.65. The number of hydrogen-bond acceptors (Lipinski definition) is 5. The highest BCUT2D eigenvalue weighted by atomic mass is 32.2. The molecule has 0 aliphatic carbocycles. The van der Waals surface area contributed by atoms with E-state index in [0.29, 0.717) is 29.4 Å². The van der Waals surface area contributed by atoms with E-state index in [-0.39, 0.29) is 0 Å². The number of rotatable bonds is 5. The Balaban J connectivity index is 2.56. The third-order valence-corrected chi connectivity index (χ3v) is 2.38. The Labute approximate surface area is 94.6 Å². The van der Waals surface area contributed by atoms with Gasteiger partial charge in [-0.25, -0.2) is 4.98 Å². The number of thioether (sulfide) groups is 1. The summed E-state index contributed by atoms with van der Waals surface area (Å²) in [5.74, 6) is 1.64. The van der Waals surface area contributed by atoms with Gasteiger partial charge in [-0.15, -0.1) is 0 Å². The van der Waals surface area contributed by atoms with Crippen LogP contribution in [0.3, 0.4) is 0 Å². The molecule has 15 heavy (non-hydrogen) atoms. The maximum Gasteiger partial charge on any atom is 0.219 e. The number of nitrogens with zero attached hydrogens (tertiary/aromatic N) is 2. The number of nitrogens with two attached hydrogens (primary N) is 1.